The molecule has 1 atom stereocenters. The lowest BCUT2D eigenvalue weighted by Crippen LogP contribution is -2.42. The molecule has 0 aliphatic heterocycles. The van der Waals surface area contributed by atoms with Crippen LogP contribution in [0, 0.1) is 0 Å². The Morgan fingerprint density at radius 1 is 0.759 bits per heavy atom. The number of carboxylic acid groups (broad SMARTS) is 1. The first-order valence-electron chi connectivity index (χ1n) is 9.07. The van der Waals surface area contributed by atoms with Crippen LogP contribution in [0.2, 0.25) is 0 Å². The second-order valence-corrected chi connectivity index (χ2v) is 6.42. The molecule has 3 rings (SSSR count). The molecule has 0 radical (unpaired) electrons. The van der Waals surface area contributed by atoms with Crippen molar-refractivity contribution >= 4 is 23.5 Å². The van der Waals surface area contributed by atoms with Crippen molar-refractivity contribution in [3.63, 3.8) is 0 Å². The first-order valence-corrected chi connectivity index (χ1v) is 9.07. The number of carbonyl (C=O) groups is 3. The Hall–Kier alpha value is -3.93. The van der Waals surface area contributed by atoms with Gasteiger partial charge in [-0.1, -0.05) is 60.7 Å². The van der Waals surface area contributed by atoms with Crippen LogP contribution in [-0.4, -0.2) is 28.9 Å². The minimum atomic E-state index is -1.13. The number of para-hydroxylation sites is 1. The Labute approximate surface area is 168 Å². The fraction of sp³-hybridized carbons (Fsp3) is 0.0870. The van der Waals surface area contributed by atoms with Crippen LogP contribution < -0.4 is 10.6 Å². The molecule has 0 saturated carbocycles. The highest BCUT2D eigenvalue weighted by molar-refractivity contribution is 6.09. The van der Waals surface area contributed by atoms with Gasteiger partial charge in [0.05, 0.1) is 11.3 Å². The summed E-state index contributed by atoms with van der Waals surface area (Å²) in [6, 6.07) is 23.1. The summed E-state index contributed by atoms with van der Waals surface area (Å²) >= 11 is 0. The van der Waals surface area contributed by atoms with E-state index in [0.29, 0.717) is 11.3 Å². The lowest BCUT2D eigenvalue weighted by Gasteiger charge is -2.16. The van der Waals surface area contributed by atoms with E-state index in [1.54, 1.807) is 60.7 Å². The molecule has 0 saturated heterocycles. The third-order valence-corrected chi connectivity index (χ3v) is 4.34. The molecule has 0 heterocycles. The second-order valence-electron chi connectivity index (χ2n) is 6.42. The van der Waals surface area contributed by atoms with E-state index in [-0.39, 0.29) is 17.9 Å². The van der Waals surface area contributed by atoms with Crippen molar-refractivity contribution in [1.29, 1.82) is 0 Å². The summed E-state index contributed by atoms with van der Waals surface area (Å²) in [6.45, 7) is 0. The van der Waals surface area contributed by atoms with E-state index in [9.17, 15) is 19.5 Å². The maximum absolute atomic E-state index is 12.8. The number of amides is 2. The van der Waals surface area contributed by atoms with Gasteiger partial charge in [-0.15, -0.1) is 0 Å². The fourth-order valence-electron chi connectivity index (χ4n) is 2.86. The van der Waals surface area contributed by atoms with E-state index in [2.05, 4.69) is 10.6 Å². The Morgan fingerprint density at radius 2 is 1.34 bits per heavy atom. The molecular formula is C23H20N2O4. The molecule has 0 spiro atoms. The Kier molecular flexibility index (Phi) is 6.37. The van der Waals surface area contributed by atoms with Gasteiger partial charge in [0.2, 0.25) is 0 Å². The molecule has 0 unspecified atom stereocenters. The van der Waals surface area contributed by atoms with E-state index in [1.165, 1.54) is 6.07 Å². The lowest BCUT2D eigenvalue weighted by molar-refractivity contribution is -0.139. The molecule has 0 aromatic heterocycles. The standard InChI is InChI=1S/C23H20N2O4/c26-21(17-11-5-2-6-12-17)24-19-14-8-7-13-18(19)22(27)25-20(23(28)29)15-16-9-3-1-4-10-16/h1-14,20H,15H2,(H,24,26)(H,25,27)(H,28,29)/t20-/m1/s1. The number of benzene rings is 3. The maximum atomic E-state index is 12.8. The van der Waals surface area contributed by atoms with E-state index in [4.69, 9.17) is 0 Å². The number of hydrogen-bond acceptors (Lipinski definition) is 3. The molecule has 6 heteroatoms. The van der Waals surface area contributed by atoms with Crippen molar-refractivity contribution < 1.29 is 19.5 Å². The molecule has 0 fully saturated rings. The summed E-state index contributed by atoms with van der Waals surface area (Å²) in [6.07, 6.45) is 0.153. The number of rotatable bonds is 7. The third-order valence-electron chi connectivity index (χ3n) is 4.34. The summed E-state index contributed by atoms with van der Waals surface area (Å²) in [7, 11) is 0. The molecule has 3 aromatic carbocycles. The van der Waals surface area contributed by atoms with Crippen LogP contribution in [0.15, 0.2) is 84.9 Å². The molecule has 3 aromatic rings. The quantitative estimate of drug-likeness (QED) is 0.578. The largest absolute Gasteiger partial charge is 0.480 e. The summed E-state index contributed by atoms with van der Waals surface area (Å²) in [4.78, 5) is 36.8. The smallest absolute Gasteiger partial charge is 0.326 e. The summed E-state index contributed by atoms with van der Waals surface area (Å²) in [5, 5.41) is 14.8. The number of carboxylic acids is 1. The van der Waals surface area contributed by atoms with Crippen molar-refractivity contribution in [2.24, 2.45) is 0 Å². The number of anilines is 1. The van der Waals surface area contributed by atoms with Crippen molar-refractivity contribution in [2.75, 3.05) is 5.32 Å². The maximum Gasteiger partial charge on any atom is 0.326 e. The molecule has 0 bridgehead atoms. The Balaban J connectivity index is 1.76. The molecule has 0 aliphatic carbocycles. The number of hydrogen-bond donors (Lipinski definition) is 3. The van der Waals surface area contributed by atoms with Crippen molar-refractivity contribution in [2.45, 2.75) is 12.5 Å². The third kappa shape index (κ3) is 5.29. The zero-order valence-corrected chi connectivity index (χ0v) is 15.5. The van der Waals surface area contributed by atoms with Gasteiger partial charge in [0.15, 0.2) is 0 Å². The zero-order valence-electron chi connectivity index (χ0n) is 15.5. The topological polar surface area (TPSA) is 95.5 Å². The summed E-state index contributed by atoms with van der Waals surface area (Å²) in [5.41, 5.74) is 1.75. The highest BCUT2D eigenvalue weighted by Crippen LogP contribution is 2.17. The van der Waals surface area contributed by atoms with E-state index in [1.807, 2.05) is 18.2 Å². The molecular weight excluding hydrogens is 368 g/mol. The van der Waals surface area contributed by atoms with Gasteiger partial charge in [0, 0.05) is 12.0 Å². The highest BCUT2D eigenvalue weighted by atomic mass is 16.4. The van der Waals surface area contributed by atoms with Gasteiger partial charge >= 0.3 is 5.97 Å². The van der Waals surface area contributed by atoms with Gasteiger partial charge in [-0.3, -0.25) is 9.59 Å². The van der Waals surface area contributed by atoms with Crippen LogP contribution in [0.5, 0.6) is 0 Å². The average Bonchev–Trinajstić information content (AvgIpc) is 2.75. The van der Waals surface area contributed by atoms with Gasteiger partial charge in [0.1, 0.15) is 6.04 Å². The molecule has 29 heavy (non-hydrogen) atoms. The van der Waals surface area contributed by atoms with E-state index < -0.39 is 17.9 Å². The van der Waals surface area contributed by atoms with Crippen LogP contribution in [0.25, 0.3) is 0 Å². The molecule has 3 N–H and O–H groups in total. The predicted octanol–water partition coefficient (Wildman–Crippen LogP) is 3.36. The molecule has 146 valence electrons. The highest BCUT2D eigenvalue weighted by Gasteiger charge is 2.23. The monoisotopic (exact) mass is 388 g/mol. The van der Waals surface area contributed by atoms with E-state index in [0.717, 1.165) is 5.56 Å². The molecule has 6 nitrogen and oxygen atoms in total. The first kappa shape index (κ1) is 19.8. The van der Waals surface area contributed by atoms with Crippen LogP contribution in [0.1, 0.15) is 26.3 Å². The van der Waals surface area contributed by atoms with Crippen LogP contribution >= 0.6 is 0 Å². The first-order chi connectivity index (χ1) is 14.0. The van der Waals surface area contributed by atoms with E-state index >= 15 is 0 Å². The molecule has 2 amide bonds. The second kappa shape index (κ2) is 9.32. The van der Waals surface area contributed by atoms with Crippen LogP contribution in [0.4, 0.5) is 5.69 Å². The number of carbonyl (C=O) groups excluding carboxylic acids is 2. The fourth-order valence-corrected chi connectivity index (χ4v) is 2.86. The zero-order chi connectivity index (χ0) is 20.6. The SMILES string of the molecule is O=C(Nc1ccccc1C(=O)N[C@H](Cc1ccccc1)C(=O)O)c1ccccc1. The average molecular weight is 388 g/mol. The number of aliphatic carboxylic acids is 1. The van der Waals surface area contributed by atoms with Gasteiger partial charge in [-0.25, -0.2) is 4.79 Å². The van der Waals surface area contributed by atoms with Crippen LogP contribution in [0.3, 0.4) is 0 Å². The summed E-state index contributed by atoms with van der Waals surface area (Å²) in [5.74, 6) is -2.06. The predicted molar refractivity (Wildman–Crippen MR) is 110 cm³/mol. The van der Waals surface area contributed by atoms with Gasteiger partial charge in [-0.2, -0.15) is 0 Å². The van der Waals surface area contributed by atoms with Crippen molar-refractivity contribution in [1.82, 2.24) is 5.32 Å². The minimum Gasteiger partial charge on any atom is -0.480 e. The van der Waals surface area contributed by atoms with Gasteiger partial charge < -0.3 is 15.7 Å². The number of nitrogens with one attached hydrogen (secondary N) is 2. The van der Waals surface area contributed by atoms with Crippen molar-refractivity contribution in [3.8, 4) is 0 Å². The summed E-state index contributed by atoms with van der Waals surface area (Å²) < 4.78 is 0. The Morgan fingerprint density at radius 3 is 2.00 bits per heavy atom. The molecule has 0 aliphatic rings. The van der Waals surface area contributed by atoms with Crippen molar-refractivity contribution in [3.05, 3.63) is 102 Å². The van der Waals surface area contributed by atoms with Crippen LogP contribution in [-0.2, 0) is 11.2 Å². The Bertz CT molecular complexity index is 1000. The minimum absolute atomic E-state index is 0.153. The van der Waals surface area contributed by atoms with Gasteiger partial charge in [-0.05, 0) is 29.8 Å². The van der Waals surface area contributed by atoms with Gasteiger partial charge in [0.25, 0.3) is 11.8 Å². The lowest BCUT2D eigenvalue weighted by atomic mass is 10.0. The normalized spacial score (nSPS) is 11.3.